The van der Waals surface area contributed by atoms with Crippen LogP contribution in [0.25, 0.3) is 0 Å². The summed E-state index contributed by atoms with van der Waals surface area (Å²) in [6, 6.07) is 13.4. The Kier molecular flexibility index (Phi) is 4.60. The first-order chi connectivity index (χ1) is 11.2. The zero-order valence-corrected chi connectivity index (χ0v) is 13.7. The minimum Gasteiger partial charge on any atom is -0.508 e. The lowest BCUT2D eigenvalue weighted by Crippen LogP contribution is -2.41. The SMILES string of the molecule is CCCN1CC(Cc2cccc(OC)c2)Oc2cc(O)ccc21. The zero-order chi connectivity index (χ0) is 16.2. The second-order valence-electron chi connectivity index (χ2n) is 5.89. The highest BCUT2D eigenvalue weighted by Crippen LogP contribution is 2.36. The number of aromatic hydroxyl groups is 1. The van der Waals surface area contributed by atoms with Crippen LogP contribution in [-0.2, 0) is 6.42 Å². The number of hydrogen-bond acceptors (Lipinski definition) is 4. The quantitative estimate of drug-likeness (QED) is 0.915. The van der Waals surface area contributed by atoms with E-state index in [9.17, 15) is 5.11 Å². The first-order valence-electron chi connectivity index (χ1n) is 8.07. The number of rotatable bonds is 5. The van der Waals surface area contributed by atoms with Crippen LogP contribution in [0, 0.1) is 0 Å². The number of hydrogen-bond donors (Lipinski definition) is 1. The summed E-state index contributed by atoms with van der Waals surface area (Å²) in [6.45, 7) is 4.01. The van der Waals surface area contributed by atoms with E-state index in [1.165, 1.54) is 5.56 Å². The molecule has 0 amide bonds. The molecule has 1 N–H and O–H groups in total. The van der Waals surface area contributed by atoms with Crippen molar-refractivity contribution >= 4 is 5.69 Å². The molecule has 1 atom stereocenters. The summed E-state index contributed by atoms with van der Waals surface area (Å²) in [4.78, 5) is 2.34. The average molecular weight is 313 g/mol. The molecule has 2 aromatic carbocycles. The zero-order valence-electron chi connectivity index (χ0n) is 13.7. The molecule has 1 heterocycles. The predicted octanol–water partition coefficient (Wildman–Crippen LogP) is 3.62. The largest absolute Gasteiger partial charge is 0.508 e. The standard InChI is InChI=1S/C19H23NO3/c1-3-9-20-13-17(11-14-5-4-6-16(10-14)22-2)23-19-12-15(21)7-8-18(19)20/h4-8,10,12,17,21H,3,9,11,13H2,1-2H3. The molecular formula is C19H23NO3. The molecule has 0 saturated heterocycles. The Balaban J connectivity index is 1.81. The van der Waals surface area contributed by atoms with E-state index in [4.69, 9.17) is 9.47 Å². The van der Waals surface area contributed by atoms with E-state index in [2.05, 4.69) is 17.9 Å². The molecule has 0 aliphatic carbocycles. The van der Waals surface area contributed by atoms with Crippen molar-refractivity contribution in [3.8, 4) is 17.2 Å². The molecule has 0 bridgehead atoms. The molecule has 1 unspecified atom stereocenters. The van der Waals surface area contributed by atoms with Crippen molar-refractivity contribution < 1.29 is 14.6 Å². The minimum atomic E-state index is 0.0583. The van der Waals surface area contributed by atoms with Gasteiger partial charge in [-0.3, -0.25) is 0 Å². The molecule has 0 aromatic heterocycles. The number of methoxy groups -OCH3 is 1. The number of fused-ring (bicyclic) bond motifs is 1. The summed E-state index contributed by atoms with van der Waals surface area (Å²) in [5.74, 6) is 1.86. The van der Waals surface area contributed by atoms with Crippen LogP contribution in [0.3, 0.4) is 0 Å². The maximum Gasteiger partial charge on any atom is 0.146 e. The molecule has 3 rings (SSSR count). The van der Waals surface area contributed by atoms with Gasteiger partial charge in [0.1, 0.15) is 23.4 Å². The fraction of sp³-hybridized carbons (Fsp3) is 0.368. The highest BCUT2D eigenvalue weighted by atomic mass is 16.5. The number of phenolic OH excluding ortho intramolecular Hbond substituents is 1. The summed E-state index contributed by atoms with van der Waals surface area (Å²) in [5, 5.41) is 9.73. The van der Waals surface area contributed by atoms with Gasteiger partial charge in [0.25, 0.3) is 0 Å². The van der Waals surface area contributed by atoms with Crippen LogP contribution in [0.1, 0.15) is 18.9 Å². The third kappa shape index (κ3) is 3.52. The molecule has 1 aliphatic heterocycles. The van der Waals surface area contributed by atoms with Gasteiger partial charge in [0.05, 0.1) is 19.3 Å². The van der Waals surface area contributed by atoms with E-state index in [1.54, 1.807) is 19.2 Å². The smallest absolute Gasteiger partial charge is 0.146 e. The molecule has 2 aromatic rings. The maximum atomic E-state index is 9.73. The van der Waals surface area contributed by atoms with Gasteiger partial charge in [-0.2, -0.15) is 0 Å². The molecule has 122 valence electrons. The van der Waals surface area contributed by atoms with E-state index in [0.29, 0.717) is 0 Å². The van der Waals surface area contributed by atoms with E-state index in [0.717, 1.165) is 43.1 Å². The Morgan fingerprint density at radius 2 is 2.13 bits per heavy atom. The normalized spacial score (nSPS) is 16.6. The molecule has 0 radical (unpaired) electrons. The van der Waals surface area contributed by atoms with Crippen molar-refractivity contribution in [1.82, 2.24) is 0 Å². The third-order valence-corrected chi connectivity index (χ3v) is 4.09. The Labute approximate surface area is 137 Å². The van der Waals surface area contributed by atoms with E-state index in [-0.39, 0.29) is 11.9 Å². The van der Waals surface area contributed by atoms with Crippen molar-refractivity contribution in [1.29, 1.82) is 0 Å². The van der Waals surface area contributed by atoms with Crippen LogP contribution < -0.4 is 14.4 Å². The Hall–Kier alpha value is -2.36. The predicted molar refractivity (Wildman–Crippen MR) is 91.7 cm³/mol. The topological polar surface area (TPSA) is 41.9 Å². The molecule has 23 heavy (non-hydrogen) atoms. The fourth-order valence-electron chi connectivity index (χ4n) is 3.07. The van der Waals surface area contributed by atoms with Crippen LogP contribution in [0.2, 0.25) is 0 Å². The summed E-state index contributed by atoms with van der Waals surface area (Å²) < 4.78 is 11.4. The summed E-state index contributed by atoms with van der Waals surface area (Å²) in [7, 11) is 1.68. The monoisotopic (exact) mass is 313 g/mol. The molecule has 0 spiro atoms. The first kappa shape index (κ1) is 15.5. The van der Waals surface area contributed by atoms with E-state index < -0.39 is 0 Å². The van der Waals surface area contributed by atoms with Crippen molar-refractivity contribution in [2.24, 2.45) is 0 Å². The molecule has 4 heteroatoms. The van der Waals surface area contributed by atoms with Gasteiger partial charge in [0.15, 0.2) is 0 Å². The van der Waals surface area contributed by atoms with Crippen LogP contribution >= 0.6 is 0 Å². The first-order valence-corrected chi connectivity index (χ1v) is 8.07. The van der Waals surface area contributed by atoms with Gasteiger partial charge in [0, 0.05) is 19.0 Å². The Morgan fingerprint density at radius 1 is 1.26 bits per heavy atom. The van der Waals surface area contributed by atoms with Crippen LogP contribution in [0.4, 0.5) is 5.69 Å². The number of phenols is 1. The van der Waals surface area contributed by atoms with Gasteiger partial charge >= 0.3 is 0 Å². The Morgan fingerprint density at radius 3 is 2.91 bits per heavy atom. The number of nitrogens with zero attached hydrogens (tertiary/aromatic N) is 1. The van der Waals surface area contributed by atoms with Crippen molar-refractivity contribution in [3.05, 3.63) is 48.0 Å². The highest BCUT2D eigenvalue weighted by Gasteiger charge is 2.25. The molecule has 0 fully saturated rings. The van der Waals surface area contributed by atoms with Crippen molar-refractivity contribution in [2.75, 3.05) is 25.1 Å². The van der Waals surface area contributed by atoms with Crippen LogP contribution in [-0.4, -0.2) is 31.4 Å². The van der Waals surface area contributed by atoms with Gasteiger partial charge < -0.3 is 19.5 Å². The lowest BCUT2D eigenvalue weighted by Gasteiger charge is -2.36. The van der Waals surface area contributed by atoms with Gasteiger partial charge in [-0.25, -0.2) is 0 Å². The van der Waals surface area contributed by atoms with Gasteiger partial charge in [0.2, 0.25) is 0 Å². The third-order valence-electron chi connectivity index (χ3n) is 4.09. The summed E-state index contributed by atoms with van der Waals surface area (Å²) in [6.07, 6.45) is 1.95. The molecule has 4 nitrogen and oxygen atoms in total. The Bertz CT molecular complexity index is 671. The van der Waals surface area contributed by atoms with Crippen molar-refractivity contribution in [2.45, 2.75) is 25.9 Å². The number of ether oxygens (including phenoxy) is 2. The second-order valence-corrected chi connectivity index (χ2v) is 5.89. The lowest BCUT2D eigenvalue weighted by molar-refractivity contribution is 0.193. The summed E-state index contributed by atoms with van der Waals surface area (Å²) >= 11 is 0. The number of anilines is 1. The number of benzene rings is 2. The maximum absolute atomic E-state index is 9.73. The van der Waals surface area contributed by atoms with Gasteiger partial charge in [-0.05, 0) is 36.2 Å². The molecule has 1 aliphatic rings. The van der Waals surface area contributed by atoms with Gasteiger partial charge in [-0.15, -0.1) is 0 Å². The highest BCUT2D eigenvalue weighted by molar-refractivity contribution is 5.62. The lowest BCUT2D eigenvalue weighted by atomic mass is 10.0. The van der Waals surface area contributed by atoms with Crippen LogP contribution in [0.15, 0.2) is 42.5 Å². The molecule has 0 saturated carbocycles. The fourth-order valence-corrected chi connectivity index (χ4v) is 3.07. The van der Waals surface area contributed by atoms with Crippen LogP contribution in [0.5, 0.6) is 17.2 Å². The van der Waals surface area contributed by atoms with E-state index >= 15 is 0 Å². The van der Waals surface area contributed by atoms with Crippen molar-refractivity contribution in [3.63, 3.8) is 0 Å². The van der Waals surface area contributed by atoms with E-state index in [1.807, 2.05) is 24.3 Å². The summed E-state index contributed by atoms with van der Waals surface area (Å²) in [5.41, 5.74) is 2.25. The molecular weight excluding hydrogens is 290 g/mol. The minimum absolute atomic E-state index is 0.0583. The van der Waals surface area contributed by atoms with Gasteiger partial charge in [-0.1, -0.05) is 19.1 Å². The second kappa shape index (κ2) is 6.82. The average Bonchev–Trinajstić information content (AvgIpc) is 2.55.